The molecule has 1 fully saturated rings. The summed E-state index contributed by atoms with van der Waals surface area (Å²) in [6, 6.07) is 13.1. The average molecular weight is 844 g/mol. The highest BCUT2D eigenvalue weighted by atomic mass is 16.4. The maximum Gasteiger partial charge on any atom is 0.326 e. The Morgan fingerprint density at radius 3 is 1.97 bits per heavy atom. The van der Waals surface area contributed by atoms with Crippen LogP contribution in [0.25, 0.3) is 0 Å². The minimum absolute atomic E-state index is 0.0150. The van der Waals surface area contributed by atoms with Crippen LogP contribution in [0.2, 0.25) is 0 Å². The molecule has 1 saturated heterocycles. The Bertz CT molecular complexity index is 1980. The molecule has 6 atom stereocenters. The van der Waals surface area contributed by atoms with Crippen LogP contribution in [0.4, 0.5) is 4.79 Å². The van der Waals surface area contributed by atoms with Gasteiger partial charge in [0, 0.05) is 26.4 Å². The van der Waals surface area contributed by atoms with E-state index in [9.17, 15) is 48.9 Å². The monoisotopic (exact) mass is 843 g/mol. The number of aliphatic carboxylic acids is 1. The van der Waals surface area contributed by atoms with Gasteiger partial charge in [-0.1, -0.05) is 68.4 Å². The first kappa shape index (κ1) is 47.0. The van der Waals surface area contributed by atoms with Gasteiger partial charge in [-0.2, -0.15) is 0 Å². The van der Waals surface area contributed by atoms with Crippen LogP contribution in [-0.2, 0) is 48.0 Å². The van der Waals surface area contributed by atoms with Crippen molar-refractivity contribution in [3.8, 4) is 11.5 Å². The van der Waals surface area contributed by atoms with Gasteiger partial charge in [0.05, 0.1) is 0 Å². The second-order valence-corrected chi connectivity index (χ2v) is 15.6. The van der Waals surface area contributed by atoms with E-state index in [0.29, 0.717) is 18.4 Å². The Labute approximate surface area is 355 Å². The molecule has 4 rings (SSSR count). The van der Waals surface area contributed by atoms with Crippen LogP contribution in [0.1, 0.15) is 63.1 Å². The minimum atomic E-state index is -1.40. The van der Waals surface area contributed by atoms with Crippen molar-refractivity contribution in [3.63, 3.8) is 0 Å². The molecule has 6 unspecified atom stereocenters. The number of nitrogens with zero attached hydrogens (tertiary/aromatic N) is 1. The Morgan fingerprint density at radius 2 is 1.36 bits per heavy atom. The van der Waals surface area contributed by atoms with Crippen LogP contribution in [0.15, 0.2) is 78.9 Å². The number of carbonyl (C=O) groups excluding carboxylic acids is 6. The SMILES string of the molecule is CC(C)C1NC(=O)C(NC(=O)NC(Cc2ccc(O)cc2)C(=O)O)CCCCNC(=O)C(Cc2ccccc2)NC(=O)C(C)N(C)C(=O)C(CCc2ccc(O)cc2)NC1=O. The summed E-state index contributed by atoms with van der Waals surface area (Å²) in [5.74, 6) is -4.94. The summed E-state index contributed by atoms with van der Waals surface area (Å²) in [6.07, 6.45) is 1.04. The largest absolute Gasteiger partial charge is 0.508 e. The van der Waals surface area contributed by atoms with Gasteiger partial charge in [0.1, 0.15) is 47.8 Å². The number of benzene rings is 3. The van der Waals surface area contributed by atoms with Gasteiger partial charge in [0.25, 0.3) is 0 Å². The zero-order valence-corrected chi connectivity index (χ0v) is 34.9. The number of aryl methyl sites for hydroxylation is 1. The highest BCUT2D eigenvalue weighted by Gasteiger charge is 2.35. The first-order valence-corrected chi connectivity index (χ1v) is 20.4. The number of likely N-dealkylation sites (N-methyl/N-ethyl adjacent to an activating group) is 1. The number of nitrogens with one attached hydrogen (secondary N) is 6. The number of carboxylic acid groups (broad SMARTS) is 1. The highest BCUT2D eigenvalue weighted by molar-refractivity contribution is 5.96. The van der Waals surface area contributed by atoms with Gasteiger partial charge < -0.3 is 52.1 Å². The number of hydrogen-bond donors (Lipinski definition) is 9. The second-order valence-electron chi connectivity index (χ2n) is 15.6. The third-order valence-corrected chi connectivity index (χ3v) is 10.6. The van der Waals surface area contributed by atoms with Crippen LogP contribution in [0.5, 0.6) is 11.5 Å². The number of hydrogen-bond acceptors (Lipinski definition) is 9. The molecular weight excluding hydrogens is 787 g/mol. The van der Waals surface area contributed by atoms with E-state index in [1.54, 1.807) is 26.0 Å². The summed E-state index contributed by atoms with van der Waals surface area (Å²) < 4.78 is 0. The van der Waals surface area contributed by atoms with Crippen molar-refractivity contribution in [1.82, 2.24) is 36.8 Å². The molecule has 17 nitrogen and oxygen atoms in total. The summed E-state index contributed by atoms with van der Waals surface area (Å²) in [7, 11) is 1.42. The molecule has 0 bridgehead atoms. The fourth-order valence-corrected chi connectivity index (χ4v) is 6.75. The number of amides is 7. The quantitative estimate of drug-likeness (QED) is 0.136. The number of carbonyl (C=O) groups is 7. The van der Waals surface area contributed by atoms with E-state index < -0.39 is 83.7 Å². The molecule has 7 amide bonds. The van der Waals surface area contributed by atoms with Crippen molar-refractivity contribution >= 4 is 41.5 Å². The third-order valence-electron chi connectivity index (χ3n) is 10.6. The molecule has 0 spiro atoms. The zero-order chi connectivity index (χ0) is 44.6. The molecular formula is C44H57N7O10. The highest BCUT2D eigenvalue weighted by Crippen LogP contribution is 2.16. The Morgan fingerprint density at radius 1 is 0.754 bits per heavy atom. The van der Waals surface area contributed by atoms with Gasteiger partial charge in [0.15, 0.2) is 0 Å². The number of phenols is 2. The van der Waals surface area contributed by atoms with E-state index in [1.807, 2.05) is 30.3 Å². The number of carboxylic acids is 1. The maximum atomic E-state index is 14.2. The number of aromatic hydroxyl groups is 2. The van der Waals surface area contributed by atoms with E-state index in [1.165, 1.54) is 55.3 Å². The molecule has 9 N–H and O–H groups in total. The number of phenolic OH excluding ortho intramolecular Hbond substituents is 2. The maximum absolute atomic E-state index is 14.2. The Kier molecular flexibility index (Phi) is 17.5. The van der Waals surface area contributed by atoms with E-state index in [2.05, 4.69) is 31.9 Å². The van der Waals surface area contributed by atoms with Crippen LogP contribution in [0.3, 0.4) is 0 Å². The molecule has 3 aromatic rings. The van der Waals surface area contributed by atoms with Crippen molar-refractivity contribution in [3.05, 3.63) is 95.6 Å². The molecule has 328 valence electrons. The molecule has 61 heavy (non-hydrogen) atoms. The standard InChI is InChI=1S/C44H57N7O10/c1-26(2)37-41(57)46-34(22-17-28-13-18-31(52)19-14-28)42(58)51(4)27(3)38(54)47-35(24-29-10-6-5-7-11-29)39(55)45-23-9-8-12-33(40(56)50-37)48-44(61)49-36(43(59)60)25-30-15-20-32(53)21-16-30/h5-7,10-11,13-16,18-21,26-27,33-37,52-53H,8-9,12,17,22-25H2,1-4H3,(H,45,55)(H,46,57)(H,47,54)(H,50,56)(H,59,60)(H2,48,49,61). The smallest absolute Gasteiger partial charge is 0.326 e. The molecule has 1 aliphatic rings. The number of urea groups is 1. The molecule has 0 aliphatic carbocycles. The van der Waals surface area contributed by atoms with Gasteiger partial charge in [0.2, 0.25) is 29.5 Å². The molecule has 1 aliphatic heterocycles. The van der Waals surface area contributed by atoms with Crippen LogP contribution in [0, 0.1) is 5.92 Å². The number of rotatable bonds is 11. The Hall–Kier alpha value is -6.65. The first-order chi connectivity index (χ1) is 29.0. The van der Waals surface area contributed by atoms with Gasteiger partial charge in [-0.05, 0) is 85.9 Å². The third kappa shape index (κ3) is 14.5. The fraction of sp³-hybridized carbons (Fsp3) is 0.432. The lowest BCUT2D eigenvalue weighted by molar-refractivity contribution is -0.142. The molecule has 0 aromatic heterocycles. The van der Waals surface area contributed by atoms with Crippen molar-refractivity contribution in [2.75, 3.05) is 13.6 Å². The van der Waals surface area contributed by atoms with E-state index in [0.717, 1.165) is 11.1 Å². The predicted octanol–water partition coefficient (Wildman–Crippen LogP) is 1.89. The van der Waals surface area contributed by atoms with Crippen molar-refractivity contribution in [2.24, 2.45) is 5.92 Å². The van der Waals surface area contributed by atoms with Crippen LogP contribution < -0.4 is 31.9 Å². The molecule has 17 heteroatoms. The lowest BCUT2D eigenvalue weighted by Crippen LogP contribution is -2.60. The molecule has 0 radical (unpaired) electrons. The van der Waals surface area contributed by atoms with Gasteiger partial charge >= 0.3 is 12.0 Å². The predicted molar refractivity (Wildman–Crippen MR) is 225 cm³/mol. The summed E-state index contributed by atoms with van der Waals surface area (Å²) >= 11 is 0. The zero-order valence-electron chi connectivity index (χ0n) is 34.9. The topological polar surface area (TPSA) is 256 Å². The van der Waals surface area contributed by atoms with Crippen LogP contribution in [-0.4, -0.2) is 112 Å². The lowest BCUT2D eigenvalue weighted by Gasteiger charge is -2.31. The second kappa shape index (κ2) is 22.6. The van der Waals surface area contributed by atoms with Crippen molar-refractivity contribution < 1.29 is 48.9 Å². The molecule has 3 aromatic carbocycles. The van der Waals surface area contributed by atoms with Gasteiger partial charge in [-0.3, -0.25) is 24.0 Å². The van der Waals surface area contributed by atoms with Crippen molar-refractivity contribution in [1.29, 1.82) is 0 Å². The first-order valence-electron chi connectivity index (χ1n) is 20.4. The Balaban J connectivity index is 1.63. The summed E-state index contributed by atoms with van der Waals surface area (Å²) in [4.78, 5) is 96.2. The van der Waals surface area contributed by atoms with Gasteiger partial charge in [-0.25, -0.2) is 9.59 Å². The minimum Gasteiger partial charge on any atom is -0.508 e. The van der Waals surface area contributed by atoms with Gasteiger partial charge in [-0.15, -0.1) is 0 Å². The summed E-state index contributed by atoms with van der Waals surface area (Å²) in [5.41, 5.74) is 2.06. The van der Waals surface area contributed by atoms with Crippen molar-refractivity contribution in [2.45, 2.75) is 102 Å². The van der Waals surface area contributed by atoms with E-state index in [-0.39, 0.29) is 50.1 Å². The molecule has 1 heterocycles. The molecule has 0 saturated carbocycles. The summed E-state index contributed by atoms with van der Waals surface area (Å²) in [6.45, 7) is 5.03. The lowest BCUT2D eigenvalue weighted by atomic mass is 9.99. The average Bonchev–Trinajstić information content (AvgIpc) is 3.23. The van der Waals surface area contributed by atoms with E-state index >= 15 is 0 Å². The summed E-state index contributed by atoms with van der Waals surface area (Å²) in [5, 5.41) is 45.4. The van der Waals surface area contributed by atoms with Crippen LogP contribution >= 0.6 is 0 Å². The fourth-order valence-electron chi connectivity index (χ4n) is 6.75. The normalized spacial score (nSPS) is 21.7. The van der Waals surface area contributed by atoms with E-state index in [4.69, 9.17) is 0 Å².